The molecule has 0 aliphatic carbocycles. The van der Waals surface area contributed by atoms with Gasteiger partial charge >= 0.3 is 5.97 Å². The Hall–Kier alpha value is -1.68. The lowest BCUT2D eigenvalue weighted by atomic mass is 10.2. The van der Waals surface area contributed by atoms with Crippen molar-refractivity contribution < 1.29 is 9.90 Å². The summed E-state index contributed by atoms with van der Waals surface area (Å²) >= 11 is 1.60. The fourth-order valence-electron chi connectivity index (χ4n) is 1.39. The number of thiophene rings is 1. The highest BCUT2D eigenvalue weighted by molar-refractivity contribution is 7.15. The number of aliphatic carboxylic acids is 1. The molecule has 2 aromatic heterocycles. The van der Waals surface area contributed by atoms with Crippen molar-refractivity contribution in [1.82, 2.24) is 4.98 Å². The van der Waals surface area contributed by atoms with Gasteiger partial charge in [-0.2, -0.15) is 0 Å². The number of aryl methyl sites for hydroxylation is 1. The zero-order chi connectivity index (χ0) is 11.4. The van der Waals surface area contributed by atoms with Crippen LogP contribution in [0.1, 0.15) is 11.3 Å². The van der Waals surface area contributed by atoms with Crippen LogP contribution in [-0.4, -0.2) is 16.1 Å². The highest BCUT2D eigenvalue weighted by Crippen LogP contribution is 2.26. The predicted octanol–water partition coefficient (Wildman–Crippen LogP) is 2.83. The second-order valence-electron chi connectivity index (χ2n) is 3.37. The molecular weight excluding hydrogens is 222 g/mol. The lowest BCUT2D eigenvalue weighted by Crippen LogP contribution is -1.95. The number of carbonyl (C=O) groups is 1. The lowest BCUT2D eigenvalue weighted by molar-refractivity contribution is -0.136. The van der Waals surface area contributed by atoms with Crippen molar-refractivity contribution in [3.63, 3.8) is 0 Å². The Morgan fingerprint density at radius 2 is 2.19 bits per heavy atom. The molecule has 3 nitrogen and oxygen atoms in total. The molecule has 82 valence electrons. The molecule has 0 saturated carbocycles. The molecule has 0 aromatic carbocycles. The summed E-state index contributed by atoms with van der Waals surface area (Å²) < 4.78 is 0. The van der Waals surface area contributed by atoms with Crippen molar-refractivity contribution in [1.29, 1.82) is 0 Å². The van der Waals surface area contributed by atoms with Gasteiger partial charge in [0.1, 0.15) is 0 Å². The Morgan fingerprint density at radius 1 is 1.31 bits per heavy atom. The lowest BCUT2D eigenvalue weighted by Gasteiger charge is -1.94. The normalized spacial score (nSPS) is 10.2. The minimum absolute atomic E-state index is 0.183. The zero-order valence-corrected chi connectivity index (χ0v) is 9.41. The van der Waals surface area contributed by atoms with E-state index in [4.69, 9.17) is 5.11 Å². The number of carboxylic acid groups (broad SMARTS) is 1. The fraction of sp³-hybridized carbons (Fsp3) is 0.167. The van der Waals surface area contributed by atoms with Gasteiger partial charge in [-0.25, -0.2) is 0 Å². The van der Waals surface area contributed by atoms with Crippen LogP contribution in [0.15, 0.2) is 36.5 Å². The van der Waals surface area contributed by atoms with Crippen LogP contribution in [0.5, 0.6) is 0 Å². The third kappa shape index (κ3) is 2.67. The summed E-state index contributed by atoms with van der Waals surface area (Å²) in [4.78, 5) is 16.9. The Morgan fingerprint density at radius 3 is 2.88 bits per heavy atom. The minimum atomic E-state index is -0.757. The number of hydrogen-bond acceptors (Lipinski definition) is 3. The molecule has 0 fully saturated rings. The van der Waals surface area contributed by atoms with Gasteiger partial charge in [0.25, 0.3) is 0 Å². The molecule has 16 heavy (non-hydrogen) atoms. The van der Waals surface area contributed by atoms with Crippen LogP contribution in [0.25, 0.3) is 10.6 Å². The van der Waals surface area contributed by atoms with Gasteiger partial charge in [0.15, 0.2) is 0 Å². The van der Waals surface area contributed by atoms with Crippen LogP contribution in [0.3, 0.4) is 0 Å². The first-order valence-electron chi connectivity index (χ1n) is 4.97. The molecule has 0 aliphatic rings. The maximum Gasteiger partial charge on any atom is 0.303 e. The number of carboxylic acids is 1. The average molecular weight is 233 g/mol. The Bertz CT molecular complexity index is 479. The van der Waals surface area contributed by atoms with E-state index in [-0.39, 0.29) is 6.42 Å². The highest BCUT2D eigenvalue weighted by Gasteiger charge is 2.05. The van der Waals surface area contributed by atoms with Gasteiger partial charge in [0.05, 0.1) is 17.0 Å². The van der Waals surface area contributed by atoms with E-state index in [1.165, 1.54) is 0 Å². The molecule has 2 rings (SSSR count). The third-order valence-corrected chi connectivity index (χ3v) is 3.33. The van der Waals surface area contributed by atoms with Crippen LogP contribution in [0, 0.1) is 0 Å². The SMILES string of the molecule is O=C(O)CCc1ccc(-c2ccccn2)s1. The Labute approximate surface area is 97.4 Å². The molecule has 0 bridgehead atoms. The fourth-order valence-corrected chi connectivity index (χ4v) is 2.37. The standard InChI is InChI=1S/C12H11NO2S/c14-12(15)7-5-9-4-6-11(16-9)10-3-1-2-8-13-10/h1-4,6,8H,5,7H2,(H,14,15). The number of nitrogens with zero attached hydrogens (tertiary/aromatic N) is 1. The minimum Gasteiger partial charge on any atom is -0.481 e. The van der Waals surface area contributed by atoms with E-state index >= 15 is 0 Å². The molecule has 2 heterocycles. The van der Waals surface area contributed by atoms with Gasteiger partial charge in [-0.05, 0) is 30.7 Å². The highest BCUT2D eigenvalue weighted by atomic mass is 32.1. The monoisotopic (exact) mass is 233 g/mol. The molecule has 0 saturated heterocycles. The van der Waals surface area contributed by atoms with Gasteiger partial charge in [0, 0.05) is 11.1 Å². The van der Waals surface area contributed by atoms with E-state index in [2.05, 4.69) is 4.98 Å². The number of pyridine rings is 1. The molecule has 0 unspecified atom stereocenters. The number of rotatable bonds is 4. The Balaban J connectivity index is 2.11. The average Bonchev–Trinajstić information content (AvgIpc) is 2.76. The van der Waals surface area contributed by atoms with Gasteiger partial charge in [-0.1, -0.05) is 6.07 Å². The first kappa shape index (κ1) is 10.8. The van der Waals surface area contributed by atoms with E-state index in [0.29, 0.717) is 6.42 Å². The Kier molecular flexibility index (Phi) is 3.31. The summed E-state index contributed by atoms with van der Waals surface area (Å²) in [6.45, 7) is 0. The van der Waals surface area contributed by atoms with E-state index in [0.717, 1.165) is 15.4 Å². The first-order valence-corrected chi connectivity index (χ1v) is 5.79. The van der Waals surface area contributed by atoms with Crippen molar-refractivity contribution >= 4 is 17.3 Å². The van der Waals surface area contributed by atoms with Crippen LogP contribution in [0.2, 0.25) is 0 Å². The molecule has 0 radical (unpaired) electrons. The van der Waals surface area contributed by atoms with Gasteiger partial charge in [-0.15, -0.1) is 11.3 Å². The summed E-state index contributed by atoms with van der Waals surface area (Å²) in [5.41, 5.74) is 0.939. The van der Waals surface area contributed by atoms with Gasteiger partial charge < -0.3 is 5.11 Å². The maximum absolute atomic E-state index is 10.4. The van der Waals surface area contributed by atoms with E-state index < -0.39 is 5.97 Å². The summed E-state index contributed by atoms with van der Waals surface area (Å²) in [6, 6.07) is 9.73. The topological polar surface area (TPSA) is 50.2 Å². The van der Waals surface area contributed by atoms with Crippen molar-refractivity contribution in [2.75, 3.05) is 0 Å². The van der Waals surface area contributed by atoms with E-state index in [1.807, 2.05) is 30.3 Å². The molecule has 1 N–H and O–H groups in total. The molecule has 0 amide bonds. The van der Waals surface area contributed by atoms with Crippen molar-refractivity contribution in [3.8, 4) is 10.6 Å². The molecular formula is C12H11NO2S. The molecule has 4 heteroatoms. The summed E-state index contributed by atoms with van der Waals surface area (Å²) in [5.74, 6) is -0.757. The smallest absolute Gasteiger partial charge is 0.303 e. The second-order valence-corrected chi connectivity index (χ2v) is 4.54. The quantitative estimate of drug-likeness (QED) is 0.883. The summed E-state index contributed by atoms with van der Waals surface area (Å²) in [6.07, 6.45) is 2.53. The molecule has 2 aromatic rings. The predicted molar refractivity (Wildman–Crippen MR) is 63.5 cm³/mol. The van der Waals surface area contributed by atoms with Crippen molar-refractivity contribution in [2.45, 2.75) is 12.8 Å². The molecule has 0 atom stereocenters. The number of hydrogen-bond donors (Lipinski definition) is 1. The van der Waals surface area contributed by atoms with Crippen LogP contribution >= 0.6 is 11.3 Å². The molecule has 0 spiro atoms. The molecule has 0 aliphatic heterocycles. The maximum atomic E-state index is 10.4. The van der Waals surface area contributed by atoms with E-state index in [1.54, 1.807) is 17.5 Å². The summed E-state index contributed by atoms with van der Waals surface area (Å²) in [5, 5.41) is 8.59. The largest absolute Gasteiger partial charge is 0.481 e. The zero-order valence-electron chi connectivity index (χ0n) is 8.59. The van der Waals surface area contributed by atoms with Crippen molar-refractivity contribution in [3.05, 3.63) is 41.4 Å². The van der Waals surface area contributed by atoms with Crippen LogP contribution < -0.4 is 0 Å². The number of aromatic nitrogens is 1. The van der Waals surface area contributed by atoms with Gasteiger partial charge in [0.2, 0.25) is 0 Å². The van der Waals surface area contributed by atoms with Crippen molar-refractivity contribution in [2.24, 2.45) is 0 Å². The third-order valence-electron chi connectivity index (χ3n) is 2.16. The van der Waals surface area contributed by atoms with E-state index in [9.17, 15) is 4.79 Å². The van der Waals surface area contributed by atoms with Crippen LogP contribution in [0.4, 0.5) is 0 Å². The van der Waals surface area contributed by atoms with Crippen LogP contribution in [-0.2, 0) is 11.2 Å². The summed E-state index contributed by atoms with van der Waals surface area (Å²) in [7, 11) is 0. The second kappa shape index (κ2) is 4.90. The first-order chi connectivity index (χ1) is 7.75. The van der Waals surface area contributed by atoms with Gasteiger partial charge in [-0.3, -0.25) is 9.78 Å².